The van der Waals surface area contributed by atoms with Gasteiger partial charge in [-0.1, -0.05) is 18.2 Å². The predicted molar refractivity (Wildman–Crippen MR) is 124 cm³/mol. The first-order valence-corrected chi connectivity index (χ1v) is 11.0. The quantitative estimate of drug-likeness (QED) is 0.371. The number of fused-ring (bicyclic) bond motifs is 2. The molecule has 0 aliphatic carbocycles. The van der Waals surface area contributed by atoms with Gasteiger partial charge >= 0.3 is 6.01 Å². The first-order chi connectivity index (χ1) is 17.2. The zero-order valence-corrected chi connectivity index (χ0v) is 18.4. The Bertz CT molecular complexity index is 1520. The standard InChI is InChI=1S/C24H19F2N7O2/c25-20(26)21-28-18-3-1-2-4-19(18)33(21)23-29-22(32-9-11-34-12-10-32)30-24(31-23)35-17-6-5-15-7-8-27-14-16(15)13-17/h1-8,13-14,20H,9-12H2. The lowest BCUT2D eigenvalue weighted by Crippen LogP contribution is -2.37. The molecule has 0 bridgehead atoms. The Balaban J connectivity index is 1.49. The van der Waals surface area contributed by atoms with Crippen molar-refractivity contribution in [1.29, 1.82) is 0 Å². The molecule has 0 unspecified atom stereocenters. The molecular weight excluding hydrogens is 456 g/mol. The minimum absolute atomic E-state index is 0.00273. The predicted octanol–water partition coefficient (Wildman–Crippen LogP) is 4.33. The van der Waals surface area contributed by atoms with E-state index in [0.29, 0.717) is 49.0 Å². The largest absolute Gasteiger partial charge is 0.424 e. The van der Waals surface area contributed by atoms with Crippen LogP contribution in [0.3, 0.4) is 0 Å². The van der Waals surface area contributed by atoms with Crippen LogP contribution in [0.1, 0.15) is 12.2 Å². The fraction of sp³-hybridized carbons (Fsp3) is 0.208. The summed E-state index contributed by atoms with van der Waals surface area (Å²) in [5.41, 5.74) is 0.880. The molecule has 1 saturated heterocycles. The highest BCUT2D eigenvalue weighted by molar-refractivity contribution is 5.82. The lowest BCUT2D eigenvalue weighted by atomic mass is 10.2. The molecule has 5 aromatic rings. The van der Waals surface area contributed by atoms with Crippen LogP contribution in [0.5, 0.6) is 11.8 Å². The number of hydrogen-bond donors (Lipinski definition) is 0. The molecule has 6 rings (SSSR count). The molecule has 0 radical (unpaired) electrons. The average Bonchev–Trinajstić information content (AvgIpc) is 3.29. The number of imidazole rings is 1. The number of aromatic nitrogens is 6. The van der Waals surface area contributed by atoms with Gasteiger partial charge in [0.15, 0.2) is 5.82 Å². The van der Waals surface area contributed by atoms with Crippen LogP contribution in [-0.4, -0.2) is 55.8 Å². The Kier molecular flexibility index (Phi) is 5.38. The van der Waals surface area contributed by atoms with E-state index in [1.165, 1.54) is 4.57 Å². The van der Waals surface area contributed by atoms with Gasteiger partial charge in [-0.15, -0.1) is 0 Å². The Labute approximate surface area is 198 Å². The Morgan fingerprint density at radius 2 is 1.71 bits per heavy atom. The highest BCUT2D eigenvalue weighted by Gasteiger charge is 2.24. The first kappa shape index (κ1) is 21.3. The van der Waals surface area contributed by atoms with Crippen LogP contribution < -0.4 is 9.64 Å². The monoisotopic (exact) mass is 475 g/mol. The summed E-state index contributed by atoms with van der Waals surface area (Å²) in [6.45, 7) is 2.12. The fourth-order valence-electron chi connectivity index (χ4n) is 4.02. The molecule has 1 fully saturated rings. The van der Waals surface area contributed by atoms with Crippen LogP contribution in [0.25, 0.3) is 27.8 Å². The minimum Gasteiger partial charge on any atom is -0.424 e. The molecule has 1 aliphatic rings. The first-order valence-electron chi connectivity index (χ1n) is 11.0. The van der Waals surface area contributed by atoms with E-state index in [1.54, 1.807) is 42.7 Å². The Morgan fingerprint density at radius 3 is 2.57 bits per heavy atom. The number of pyridine rings is 1. The number of nitrogens with zero attached hydrogens (tertiary/aromatic N) is 7. The third-order valence-electron chi connectivity index (χ3n) is 5.69. The van der Waals surface area contributed by atoms with Crippen molar-refractivity contribution in [3.8, 4) is 17.7 Å². The lowest BCUT2D eigenvalue weighted by molar-refractivity contribution is 0.122. The summed E-state index contributed by atoms with van der Waals surface area (Å²) in [6.07, 6.45) is 0.613. The van der Waals surface area contributed by atoms with Crippen molar-refractivity contribution in [2.75, 3.05) is 31.2 Å². The second kappa shape index (κ2) is 8.84. The van der Waals surface area contributed by atoms with Crippen molar-refractivity contribution in [3.05, 3.63) is 66.7 Å². The summed E-state index contributed by atoms with van der Waals surface area (Å²) in [5, 5.41) is 1.89. The number of morpholine rings is 1. The Morgan fingerprint density at radius 1 is 0.886 bits per heavy atom. The SMILES string of the molecule is FC(F)c1nc2ccccc2n1-c1nc(Oc2ccc3ccncc3c2)nc(N2CCOCC2)n1. The van der Waals surface area contributed by atoms with Crippen LogP contribution in [0.15, 0.2) is 60.9 Å². The second-order valence-corrected chi connectivity index (χ2v) is 7.90. The van der Waals surface area contributed by atoms with Crippen molar-refractivity contribution in [2.45, 2.75) is 6.43 Å². The molecule has 11 heteroatoms. The van der Waals surface area contributed by atoms with Crippen LogP contribution in [-0.2, 0) is 4.74 Å². The highest BCUT2D eigenvalue weighted by atomic mass is 19.3. The number of ether oxygens (including phenoxy) is 2. The zero-order valence-electron chi connectivity index (χ0n) is 18.4. The van der Waals surface area contributed by atoms with Gasteiger partial charge in [-0.2, -0.15) is 15.0 Å². The maximum Gasteiger partial charge on any atom is 0.328 e. The number of alkyl halides is 2. The molecule has 0 atom stereocenters. The third-order valence-corrected chi connectivity index (χ3v) is 5.69. The topological polar surface area (TPSA) is 91.1 Å². The maximum absolute atomic E-state index is 14.0. The Hall–Kier alpha value is -4.25. The number of hydrogen-bond acceptors (Lipinski definition) is 8. The highest BCUT2D eigenvalue weighted by Crippen LogP contribution is 2.29. The van der Waals surface area contributed by atoms with Crippen molar-refractivity contribution >= 4 is 27.8 Å². The minimum atomic E-state index is -2.83. The molecule has 0 spiro atoms. The van der Waals surface area contributed by atoms with Gasteiger partial charge in [0.1, 0.15) is 5.75 Å². The van der Waals surface area contributed by atoms with Crippen LogP contribution in [0, 0.1) is 0 Å². The maximum atomic E-state index is 14.0. The third kappa shape index (κ3) is 4.10. The van der Waals surface area contributed by atoms with Crippen molar-refractivity contribution in [2.24, 2.45) is 0 Å². The van der Waals surface area contributed by atoms with E-state index in [0.717, 1.165) is 10.8 Å². The van der Waals surface area contributed by atoms with Crippen molar-refractivity contribution in [3.63, 3.8) is 0 Å². The van der Waals surface area contributed by atoms with Gasteiger partial charge in [0, 0.05) is 30.9 Å². The van der Waals surface area contributed by atoms with E-state index in [9.17, 15) is 8.78 Å². The summed E-state index contributed by atoms with van der Waals surface area (Å²) < 4.78 is 40.7. The normalized spacial score (nSPS) is 14.2. The number of anilines is 1. The summed E-state index contributed by atoms with van der Waals surface area (Å²) >= 11 is 0. The van der Waals surface area contributed by atoms with E-state index >= 15 is 0 Å². The molecular formula is C24H19F2N7O2. The van der Waals surface area contributed by atoms with Gasteiger partial charge in [-0.3, -0.25) is 9.55 Å². The smallest absolute Gasteiger partial charge is 0.328 e. The van der Waals surface area contributed by atoms with E-state index in [4.69, 9.17) is 9.47 Å². The van der Waals surface area contributed by atoms with Gasteiger partial charge in [0.2, 0.25) is 11.9 Å². The van der Waals surface area contributed by atoms with E-state index in [1.807, 2.05) is 23.1 Å². The van der Waals surface area contributed by atoms with Gasteiger partial charge < -0.3 is 14.4 Å². The molecule has 1 aliphatic heterocycles. The number of para-hydroxylation sites is 2. The summed E-state index contributed by atoms with van der Waals surface area (Å²) in [7, 11) is 0. The molecule has 0 N–H and O–H groups in total. The zero-order chi connectivity index (χ0) is 23.8. The molecule has 35 heavy (non-hydrogen) atoms. The molecule has 0 amide bonds. The van der Waals surface area contributed by atoms with Crippen molar-refractivity contribution < 1.29 is 18.3 Å². The summed E-state index contributed by atoms with van der Waals surface area (Å²) in [4.78, 5) is 23.6. The van der Waals surface area contributed by atoms with Gasteiger partial charge in [-0.05, 0) is 35.7 Å². The van der Waals surface area contributed by atoms with E-state index in [2.05, 4.69) is 24.9 Å². The average molecular weight is 475 g/mol. The molecule has 4 heterocycles. The summed E-state index contributed by atoms with van der Waals surface area (Å²) in [6, 6.07) is 14.2. The van der Waals surface area contributed by atoms with Crippen LogP contribution in [0.4, 0.5) is 14.7 Å². The molecule has 176 valence electrons. The number of benzene rings is 2. The van der Waals surface area contributed by atoms with Gasteiger partial charge in [-0.25, -0.2) is 13.8 Å². The van der Waals surface area contributed by atoms with Gasteiger partial charge in [0.05, 0.1) is 24.2 Å². The number of rotatable bonds is 5. The molecule has 2 aromatic carbocycles. The second-order valence-electron chi connectivity index (χ2n) is 7.90. The van der Waals surface area contributed by atoms with Gasteiger partial charge in [0.25, 0.3) is 6.43 Å². The lowest BCUT2D eigenvalue weighted by Gasteiger charge is -2.27. The molecule has 3 aromatic heterocycles. The summed E-state index contributed by atoms with van der Waals surface area (Å²) in [5.74, 6) is 0.352. The number of halogens is 2. The molecule has 0 saturated carbocycles. The van der Waals surface area contributed by atoms with Crippen LogP contribution in [0.2, 0.25) is 0 Å². The molecule has 9 nitrogen and oxygen atoms in total. The van der Waals surface area contributed by atoms with E-state index in [-0.39, 0.29) is 12.0 Å². The van der Waals surface area contributed by atoms with E-state index < -0.39 is 12.2 Å². The fourth-order valence-corrected chi connectivity index (χ4v) is 4.02. The van der Waals surface area contributed by atoms with Crippen LogP contribution >= 0.6 is 0 Å². The van der Waals surface area contributed by atoms with Crippen molar-refractivity contribution in [1.82, 2.24) is 29.5 Å².